The molecule has 0 radical (unpaired) electrons. The molecule has 0 saturated carbocycles. The molecule has 0 aliphatic heterocycles. The van der Waals surface area contributed by atoms with E-state index in [2.05, 4.69) is 5.32 Å². The molecule has 0 aliphatic rings. The molecule has 1 aromatic carbocycles. The molecule has 1 unspecified atom stereocenters. The average Bonchev–Trinajstić information content (AvgIpc) is 2.35. The molecule has 0 saturated heterocycles. The van der Waals surface area contributed by atoms with Crippen LogP contribution in [0.1, 0.15) is 17.3 Å². The van der Waals surface area contributed by atoms with E-state index in [-0.39, 0.29) is 11.9 Å². The van der Waals surface area contributed by atoms with Gasteiger partial charge in [0.2, 0.25) is 0 Å². The fourth-order valence-electron chi connectivity index (χ4n) is 1.29. The minimum atomic E-state index is -0.365. The van der Waals surface area contributed by atoms with E-state index in [4.69, 9.17) is 22.7 Å². The lowest BCUT2D eigenvalue weighted by Crippen LogP contribution is -2.25. The Morgan fingerprint density at radius 1 is 1.53 bits per heavy atom. The minimum Gasteiger partial charge on any atom is -0.465 e. The molecule has 4 nitrogen and oxygen atoms in total. The highest BCUT2D eigenvalue weighted by molar-refractivity contribution is 7.80. The molecular weight excluding hydrogens is 236 g/mol. The number of carbonyl (C=O) groups is 1. The Bertz CT molecular complexity index is 421. The lowest BCUT2D eigenvalue weighted by atomic mass is 10.1. The van der Waals surface area contributed by atoms with E-state index in [1.54, 1.807) is 12.1 Å². The predicted molar refractivity (Wildman–Crippen MR) is 72.2 cm³/mol. The summed E-state index contributed by atoms with van der Waals surface area (Å²) in [6.45, 7) is 2.51. The van der Waals surface area contributed by atoms with E-state index in [0.29, 0.717) is 17.1 Å². The number of methoxy groups -OCH3 is 1. The third-order valence-corrected chi connectivity index (χ3v) is 2.82. The Balaban J connectivity index is 2.77. The Hall–Kier alpha value is -1.62. The molecule has 1 rings (SSSR count). The van der Waals surface area contributed by atoms with Gasteiger partial charge in [-0.2, -0.15) is 0 Å². The van der Waals surface area contributed by atoms with Gasteiger partial charge in [-0.05, 0) is 12.1 Å². The van der Waals surface area contributed by atoms with Crippen LogP contribution >= 0.6 is 12.2 Å². The first-order valence-electron chi connectivity index (χ1n) is 5.26. The van der Waals surface area contributed by atoms with Crippen molar-refractivity contribution in [1.29, 1.82) is 0 Å². The molecule has 1 aromatic rings. The second-order valence-electron chi connectivity index (χ2n) is 3.72. The van der Waals surface area contributed by atoms with Gasteiger partial charge in [-0.15, -0.1) is 0 Å². The van der Waals surface area contributed by atoms with E-state index in [1.165, 1.54) is 7.11 Å². The van der Waals surface area contributed by atoms with Crippen molar-refractivity contribution in [3.05, 3.63) is 29.8 Å². The third kappa shape index (κ3) is 3.71. The highest BCUT2D eigenvalue weighted by Crippen LogP contribution is 2.16. The van der Waals surface area contributed by atoms with Crippen LogP contribution in [-0.4, -0.2) is 24.6 Å². The van der Waals surface area contributed by atoms with Crippen LogP contribution in [0.5, 0.6) is 0 Å². The number of anilines is 1. The summed E-state index contributed by atoms with van der Waals surface area (Å²) in [6, 6.07) is 7.16. The largest absolute Gasteiger partial charge is 0.465 e. The van der Waals surface area contributed by atoms with Gasteiger partial charge in [0.15, 0.2) is 0 Å². The van der Waals surface area contributed by atoms with Crippen molar-refractivity contribution in [1.82, 2.24) is 0 Å². The topological polar surface area (TPSA) is 64.3 Å². The SMILES string of the molecule is COC(=O)c1ccccc1NCC(C)C(N)=S. The Morgan fingerprint density at radius 3 is 2.76 bits per heavy atom. The maximum atomic E-state index is 11.5. The molecule has 0 heterocycles. The molecule has 3 N–H and O–H groups in total. The number of para-hydroxylation sites is 1. The Labute approximate surface area is 106 Å². The van der Waals surface area contributed by atoms with E-state index in [1.807, 2.05) is 19.1 Å². The number of hydrogen-bond donors (Lipinski definition) is 2. The predicted octanol–water partition coefficient (Wildman–Crippen LogP) is 1.81. The number of ether oxygens (including phenoxy) is 1. The van der Waals surface area contributed by atoms with Gasteiger partial charge in [0.1, 0.15) is 0 Å². The normalized spacial score (nSPS) is 11.6. The lowest BCUT2D eigenvalue weighted by Gasteiger charge is -2.14. The number of nitrogens with two attached hydrogens (primary N) is 1. The summed E-state index contributed by atoms with van der Waals surface area (Å²) in [5, 5.41) is 3.14. The number of esters is 1. The summed E-state index contributed by atoms with van der Waals surface area (Å²) >= 11 is 4.89. The summed E-state index contributed by atoms with van der Waals surface area (Å²) in [6.07, 6.45) is 0. The summed E-state index contributed by atoms with van der Waals surface area (Å²) in [5.74, 6) is -0.299. The second-order valence-corrected chi connectivity index (χ2v) is 4.19. The van der Waals surface area contributed by atoms with Crippen molar-refractivity contribution >= 4 is 28.9 Å². The van der Waals surface area contributed by atoms with Gasteiger partial charge in [0.05, 0.1) is 17.7 Å². The van der Waals surface area contributed by atoms with Crippen LogP contribution in [-0.2, 0) is 4.74 Å². The summed E-state index contributed by atoms with van der Waals surface area (Å²) in [4.78, 5) is 12.0. The van der Waals surface area contributed by atoms with Crippen LogP contribution in [0, 0.1) is 5.92 Å². The number of benzene rings is 1. The molecule has 0 fully saturated rings. The van der Waals surface area contributed by atoms with Crippen molar-refractivity contribution in [3.63, 3.8) is 0 Å². The van der Waals surface area contributed by atoms with E-state index in [9.17, 15) is 4.79 Å². The number of nitrogens with one attached hydrogen (secondary N) is 1. The van der Waals surface area contributed by atoms with E-state index < -0.39 is 0 Å². The van der Waals surface area contributed by atoms with Crippen molar-refractivity contribution in [2.24, 2.45) is 11.7 Å². The van der Waals surface area contributed by atoms with Gasteiger partial charge in [0.25, 0.3) is 0 Å². The van der Waals surface area contributed by atoms with Crippen molar-refractivity contribution in [2.45, 2.75) is 6.92 Å². The zero-order valence-corrected chi connectivity index (χ0v) is 10.7. The summed E-state index contributed by atoms with van der Waals surface area (Å²) < 4.78 is 4.70. The lowest BCUT2D eigenvalue weighted by molar-refractivity contribution is 0.0602. The number of rotatable bonds is 5. The zero-order valence-electron chi connectivity index (χ0n) is 9.90. The van der Waals surface area contributed by atoms with Gasteiger partial charge < -0.3 is 15.8 Å². The Morgan fingerprint density at radius 2 is 2.18 bits per heavy atom. The summed E-state index contributed by atoms with van der Waals surface area (Å²) in [5.41, 5.74) is 6.75. The third-order valence-electron chi connectivity index (χ3n) is 2.42. The van der Waals surface area contributed by atoms with Gasteiger partial charge in [-0.3, -0.25) is 0 Å². The standard InChI is InChI=1S/C12H16N2O2S/c1-8(11(13)17)7-14-10-6-4-3-5-9(10)12(15)16-2/h3-6,8,14H,7H2,1-2H3,(H2,13,17). The highest BCUT2D eigenvalue weighted by Gasteiger charge is 2.12. The van der Waals surface area contributed by atoms with E-state index >= 15 is 0 Å². The molecule has 17 heavy (non-hydrogen) atoms. The molecule has 0 amide bonds. The first kappa shape index (κ1) is 13.4. The maximum Gasteiger partial charge on any atom is 0.339 e. The Kier molecular flexibility index (Phi) is 4.90. The monoisotopic (exact) mass is 252 g/mol. The average molecular weight is 252 g/mol. The van der Waals surface area contributed by atoms with Crippen molar-refractivity contribution < 1.29 is 9.53 Å². The second kappa shape index (κ2) is 6.20. The number of carbonyl (C=O) groups excluding carboxylic acids is 1. The summed E-state index contributed by atoms with van der Waals surface area (Å²) in [7, 11) is 1.36. The first-order valence-corrected chi connectivity index (χ1v) is 5.67. The van der Waals surface area contributed by atoms with Crippen LogP contribution in [0.2, 0.25) is 0 Å². The van der Waals surface area contributed by atoms with Crippen LogP contribution in [0.25, 0.3) is 0 Å². The fraction of sp³-hybridized carbons (Fsp3) is 0.333. The van der Waals surface area contributed by atoms with Crippen LogP contribution < -0.4 is 11.1 Å². The minimum absolute atomic E-state index is 0.0655. The van der Waals surface area contributed by atoms with Crippen LogP contribution in [0.15, 0.2) is 24.3 Å². The molecule has 0 aliphatic carbocycles. The van der Waals surface area contributed by atoms with E-state index in [0.717, 1.165) is 5.69 Å². The molecule has 0 spiro atoms. The molecule has 5 heteroatoms. The molecule has 92 valence electrons. The molecule has 1 atom stereocenters. The fourth-order valence-corrected chi connectivity index (χ4v) is 1.37. The smallest absolute Gasteiger partial charge is 0.339 e. The zero-order chi connectivity index (χ0) is 12.8. The molecular formula is C12H16N2O2S. The molecule has 0 aromatic heterocycles. The highest BCUT2D eigenvalue weighted by atomic mass is 32.1. The van der Waals surface area contributed by atoms with Crippen LogP contribution in [0.4, 0.5) is 5.69 Å². The first-order chi connectivity index (χ1) is 8.06. The van der Waals surface area contributed by atoms with Crippen molar-refractivity contribution in [2.75, 3.05) is 19.0 Å². The van der Waals surface area contributed by atoms with Gasteiger partial charge >= 0.3 is 5.97 Å². The van der Waals surface area contributed by atoms with Crippen LogP contribution in [0.3, 0.4) is 0 Å². The number of thiocarbonyl (C=S) groups is 1. The van der Waals surface area contributed by atoms with Gasteiger partial charge in [-0.1, -0.05) is 31.3 Å². The molecule has 0 bridgehead atoms. The quantitative estimate of drug-likeness (QED) is 0.618. The maximum absolute atomic E-state index is 11.5. The van der Waals surface area contributed by atoms with Crippen molar-refractivity contribution in [3.8, 4) is 0 Å². The van der Waals surface area contributed by atoms with Gasteiger partial charge in [0, 0.05) is 18.2 Å². The number of hydrogen-bond acceptors (Lipinski definition) is 4. The van der Waals surface area contributed by atoms with Gasteiger partial charge in [-0.25, -0.2) is 4.79 Å².